The fourth-order valence-corrected chi connectivity index (χ4v) is 2.40. The molecule has 5 nitrogen and oxygen atoms in total. The molecule has 19 heavy (non-hydrogen) atoms. The second kappa shape index (κ2) is 5.14. The average molecular weight is 320 g/mol. The van der Waals surface area contributed by atoms with E-state index in [0.717, 1.165) is 46.7 Å². The number of aromatic nitrogens is 2. The summed E-state index contributed by atoms with van der Waals surface area (Å²) in [5, 5.41) is 6.64. The maximum atomic E-state index is 5.77. The average Bonchev–Trinajstić information content (AvgIpc) is 2.41. The summed E-state index contributed by atoms with van der Waals surface area (Å²) in [6, 6.07) is 7.95. The van der Waals surface area contributed by atoms with Crippen LogP contribution in [-0.4, -0.2) is 16.5 Å². The molecule has 1 aromatic heterocycles. The number of fused-ring (bicyclic) bond motifs is 1. The third kappa shape index (κ3) is 2.69. The first-order valence-corrected chi connectivity index (χ1v) is 6.90. The first-order valence-electron chi connectivity index (χ1n) is 6.11. The molecule has 0 bridgehead atoms. The molecule has 98 valence electrons. The van der Waals surface area contributed by atoms with E-state index in [-0.39, 0.29) is 0 Å². The van der Waals surface area contributed by atoms with Crippen LogP contribution in [0.4, 0.5) is 17.5 Å². The van der Waals surface area contributed by atoms with Crippen molar-refractivity contribution in [3.8, 4) is 0 Å². The van der Waals surface area contributed by atoms with Gasteiger partial charge in [-0.05, 0) is 24.3 Å². The van der Waals surface area contributed by atoms with Crippen LogP contribution in [0.25, 0.3) is 0 Å². The molecule has 0 amide bonds. The Kier molecular flexibility index (Phi) is 3.35. The number of anilines is 3. The van der Waals surface area contributed by atoms with E-state index in [0.29, 0.717) is 5.95 Å². The quantitative estimate of drug-likeness (QED) is 0.791. The van der Waals surface area contributed by atoms with Crippen LogP contribution < -0.4 is 16.4 Å². The molecule has 2 aromatic rings. The lowest BCUT2D eigenvalue weighted by Crippen LogP contribution is -2.26. The van der Waals surface area contributed by atoms with Gasteiger partial charge in [-0.15, -0.1) is 0 Å². The number of hydrogen-bond donors (Lipinski definition) is 3. The Labute approximate surface area is 119 Å². The molecular weight excluding hydrogens is 306 g/mol. The second-order valence-electron chi connectivity index (χ2n) is 4.41. The molecule has 0 fully saturated rings. The van der Waals surface area contributed by atoms with Crippen LogP contribution >= 0.6 is 15.9 Å². The number of nitrogens with one attached hydrogen (secondary N) is 2. The van der Waals surface area contributed by atoms with Gasteiger partial charge in [-0.3, -0.25) is 0 Å². The van der Waals surface area contributed by atoms with Crippen LogP contribution in [0.5, 0.6) is 0 Å². The Bertz CT molecular complexity index is 597. The molecule has 1 aromatic carbocycles. The summed E-state index contributed by atoms with van der Waals surface area (Å²) >= 11 is 3.42. The number of hydrogen-bond acceptors (Lipinski definition) is 5. The van der Waals surface area contributed by atoms with E-state index >= 15 is 0 Å². The largest absolute Gasteiger partial charge is 0.368 e. The standard InChI is InChI=1S/C13H14BrN5/c14-8-1-3-9(4-2-8)17-12-10-7-16-6-5-11(10)18-13(15)19-12/h1-4,16H,5-7H2,(H3,15,17,18,19). The molecule has 1 aliphatic rings. The van der Waals surface area contributed by atoms with E-state index in [1.807, 2.05) is 24.3 Å². The van der Waals surface area contributed by atoms with Gasteiger partial charge in [0, 0.05) is 35.2 Å². The minimum absolute atomic E-state index is 0.320. The molecule has 0 saturated heterocycles. The first-order chi connectivity index (χ1) is 9.22. The Hall–Kier alpha value is -1.66. The predicted octanol–water partition coefficient (Wildman–Crippen LogP) is 2.21. The van der Waals surface area contributed by atoms with Crippen LogP contribution in [0.2, 0.25) is 0 Å². The van der Waals surface area contributed by atoms with Gasteiger partial charge in [0.25, 0.3) is 0 Å². The molecule has 1 aliphatic heterocycles. The summed E-state index contributed by atoms with van der Waals surface area (Å²) in [5.74, 6) is 1.11. The molecular formula is C13H14BrN5. The van der Waals surface area contributed by atoms with Gasteiger partial charge in [-0.25, -0.2) is 4.98 Å². The fraction of sp³-hybridized carbons (Fsp3) is 0.231. The van der Waals surface area contributed by atoms with E-state index < -0.39 is 0 Å². The highest BCUT2D eigenvalue weighted by Gasteiger charge is 2.16. The van der Waals surface area contributed by atoms with Crippen molar-refractivity contribution in [2.75, 3.05) is 17.6 Å². The van der Waals surface area contributed by atoms with Crippen molar-refractivity contribution in [2.45, 2.75) is 13.0 Å². The highest BCUT2D eigenvalue weighted by atomic mass is 79.9. The van der Waals surface area contributed by atoms with Gasteiger partial charge in [-0.2, -0.15) is 4.98 Å². The maximum absolute atomic E-state index is 5.77. The molecule has 3 rings (SSSR count). The van der Waals surface area contributed by atoms with Crippen LogP contribution in [0.15, 0.2) is 28.7 Å². The number of halogens is 1. The minimum atomic E-state index is 0.320. The van der Waals surface area contributed by atoms with Crippen LogP contribution in [0.3, 0.4) is 0 Å². The van der Waals surface area contributed by atoms with Crippen molar-refractivity contribution in [1.29, 1.82) is 0 Å². The maximum Gasteiger partial charge on any atom is 0.222 e. The van der Waals surface area contributed by atoms with E-state index in [1.165, 1.54) is 0 Å². The Morgan fingerprint density at radius 1 is 1.21 bits per heavy atom. The van der Waals surface area contributed by atoms with Crippen LogP contribution in [-0.2, 0) is 13.0 Å². The summed E-state index contributed by atoms with van der Waals surface area (Å²) in [6.07, 6.45) is 0.886. The number of benzene rings is 1. The molecule has 0 spiro atoms. The van der Waals surface area contributed by atoms with Crippen molar-refractivity contribution < 1.29 is 0 Å². The summed E-state index contributed by atoms with van der Waals surface area (Å²) < 4.78 is 1.05. The molecule has 0 aliphatic carbocycles. The molecule has 0 unspecified atom stereocenters. The molecule has 0 radical (unpaired) electrons. The van der Waals surface area contributed by atoms with Crippen molar-refractivity contribution in [3.05, 3.63) is 40.0 Å². The summed E-state index contributed by atoms with van der Waals surface area (Å²) in [6.45, 7) is 1.70. The zero-order valence-electron chi connectivity index (χ0n) is 10.3. The zero-order valence-corrected chi connectivity index (χ0v) is 11.9. The molecule has 2 heterocycles. The van der Waals surface area contributed by atoms with Crippen LogP contribution in [0, 0.1) is 0 Å². The minimum Gasteiger partial charge on any atom is -0.368 e. The monoisotopic (exact) mass is 319 g/mol. The third-order valence-corrected chi connectivity index (χ3v) is 3.59. The van der Waals surface area contributed by atoms with Gasteiger partial charge in [0.2, 0.25) is 5.95 Å². The summed E-state index contributed by atoms with van der Waals surface area (Å²) in [5.41, 5.74) is 8.88. The highest BCUT2D eigenvalue weighted by Crippen LogP contribution is 2.25. The Morgan fingerprint density at radius 3 is 2.79 bits per heavy atom. The van der Waals surface area contributed by atoms with Crippen molar-refractivity contribution in [1.82, 2.24) is 15.3 Å². The topological polar surface area (TPSA) is 75.9 Å². The summed E-state index contributed by atoms with van der Waals surface area (Å²) in [4.78, 5) is 8.62. The predicted molar refractivity (Wildman–Crippen MR) is 79.3 cm³/mol. The fourth-order valence-electron chi connectivity index (χ4n) is 2.14. The number of nitrogens with two attached hydrogens (primary N) is 1. The van der Waals surface area contributed by atoms with Crippen molar-refractivity contribution in [2.24, 2.45) is 0 Å². The Balaban J connectivity index is 1.95. The van der Waals surface area contributed by atoms with Gasteiger partial charge in [-0.1, -0.05) is 15.9 Å². The molecule has 4 N–H and O–H groups in total. The molecule has 0 atom stereocenters. The van der Waals surface area contributed by atoms with Gasteiger partial charge < -0.3 is 16.4 Å². The molecule has 6 heteroatoms. The number of rotatable bonds is 2. The van der Waals surface area contributed by atoms with Gasteiger partial charge in [0.05, 0.1) is 5.69 Å². The van der Waals surface area contributed by atoms with Crippen molar-refractivity contribution in [3.63, 3.8) is 0 Å². The first kappa shape index (κ1) is 12.4. The zero-order chi connectivity index (χ0) is 13.2. The van der Waals surface area contributed by atoms with E-state index in [4.69, 9.17) is 5.73 Å². The van der Waals surface area contributed by atoms with Crippen LogP contribution in [0.1, 0.15) is 11.3 Å². The number of nitrogen functional groups attached to an aromatic ring is 1. The van der Waals surface area contributed by atoms with Gasteiger partial charge in [0.1, 0.15) is 5.82 Å². The van der Waals surface area contributed by atoms with Gasteiger partial charge >= 0.3 is 0 Å². The Morgan fingerprint density at radius 2 is 2.00 bits per heavy atom. The summed E-state index contributed by atoms with van der Waals surface area (Å²) in [7, 11) is 0. The lowest BCUT2D eigenvalue weighted by Gasteiger charge is -2.20. The van der Waals surface area contributed by atoms with E-state index in [9.17, 15) is 0 Å². The smallest absolute Gasteiger partial charge is 0.222 e. The lowest BCUT2D eigenvalue weighted by atomic mass is 10.1. The SMILES string of the molecule is Nc1nc2c(c(Nc3ccc(Br)cc3)n1)CNCC2. The van der Waals surface area contributed by atoms with E-state index in [1.54, 1.807) is 0 Å². The third-order valence-electron chi connectivity index (χ3n) is 3.06. The highest BCUT2D eigenvalue weighted by molar-refractivity contribution is 9.10. The van der Waals surface area contributed by atoms with Crippen molar-refractivity contribution >= 4 is 33.4 Å². The normalized spacial score (nSPS) is 13.9. The number of nitrogens with zero attached hydrogens (tertiary/aromatic N) is 2. The molecule has 0 saturated carbocycles. The van der Waals surface area contributed by atoms with Gasteiger partial charge in [0.15, 0.2) is 0 Å². The van der Waals surface area contributed by atoms with E-state index in [2.05, 4.69) is 36.5 Å². The second-order valence-corrected chi connectivity index (χ2v) is 5.33. The lowest BCUT2D eigenvalue weighted by molar-refractivity contribution is 0.629.